The number of hydrogen-bond donors (Lipinski definition) is 1. The van der Waals surface area contributed by atoms with Gasteiger partial charge in [-0.3, -0.25) is 19.3 Å². The van der Waals surface area contributed by atoms with Crippen molar-refractivity contribution in [2.45, 2.75) is 69.2 Å². The standard InChI is InChI=1S/C53H51N3O7Si/c1-34-50(64(3,4)41-25-23-40(61-2)24-26-41)48(30-49(58)54-32-37-17-9-8-16-36(37)28-39(54)33-57)63-53(34)43-29-38(22-27-44(43)55(52(53)60)31-35-14-6-5-7-15-35)56-45-19-11-13-21-47(45)62-46-20-12-10-18-42(46)51(56)59/h5-27,29,34,39,48,50,57H,28,30-33H2,1-4H3/t34-,39+,48+,50-,53+/m1/s1. The van der Waals surface area contributed by atoms with E-state index in [1.807, 2.05) is 120 Å². The number of methoxy groups -OCH3 is 1. The number of para-hydroxylation sites is 3. The Hall–Kier alpha value is -6.53. The zero-order valence-corrected chi connectivity index (χ0v) is 37.4. The van der Waals surface area contributed by atoms with Crippen LogP contribution in [0.25, 0.3) is 0 Å². The van der Waals surface area contributed by atoms with Crippen molar-refractivity contribution in [1.82, 2.24) is 4.90 Å². The van der Waals surface area contributed by atoms with E-state index in [0.29, 0.717) is 59.2 Å². The van der Waals surface area contributed by atoms with Crippen LogP contribution in [0.4, 0.5) is 17.1 Å². The highest BCUT2D eigenvalue weighted by Crippen LogP contribution is 2.61. The molecular formula is C53H51N3O7Si. The average molecular weight is 870 g/mol. The van der Waals surface area contributed by atoms with Crippen LogP contribution in [0.3, 0.4) is 0 Å². The number of benzene rings is 6. The molecule has 64 heavy (non-hydrogen) atoms. The largest absolute Gasteiger partial charge is 0.497 e. The summed E-state index contributed by atoms with van der Waals surface area (Å²) in [6, 6.07) is 46.2. The molecule has 324 valence electrons. The van der Waals surface area contributed by atoms with Crippen LogP contribution in [0.2, 0.25) is 18.6 Å². The van der Waals surface area contributed by atoms with E-state index in [-0.39, 0.29) is 42.3 Å². The number of hydrogen-bond acceptors (Lipinski definition) is 7. The first-order valence-corrected chi connectivity index (χ1v) is 25.1. The van der Waals surface area contributed by atoms with Gasteiger partial charge in [-0.05, 0) is 83.2 Å². The lowest BCUT2D eigenvalue weighted by molar-refractivity contribution is -0.151. The van der Waals surface area contributed by atoms with Crippen LogP contribution in [-0.4, -0.2) is 61.7 Å². The predicted molar refractivity (Wildman–Crippen MR) is 249 cm³/mol. The zero-order chi connectivity index (χ0) is 44.3. The van der Waals surface area contributed by atoms with Gasteiger partial charge in [0, 0.05) is 23.7 Å². The summed E-state index contributed by atoms with van der Waals surface area (Å²) in [6.45, 7) is 7.22. The van der Waals surface area contributed by atoms with Crippen LogP contribution in [0.5, 0.6) is 17.2 Å². The van der Waals surface area contributed by atoms with Crippen molar-refractivity contribution in [3.8, 4) is 17.2 Å². The number of carbonyl (C=O) groups excluding carboxylic acids is 3. The molecule has 6 aromatic rings. The van der Waals surface area contributed by atoms with Crippen LogP contribution in [-0.2, 0) is 39.4 Å². The minimum absolute atomic E-state index is 0.0229. The Morgan fingerprint density at radius 1 is 0.812 bits per heavy atom. The van der Waals surface area contributed by atoms with Crippen molar-refractivity contribution in [2.24, 2.45) is 5.92 Å². The summed E-state index contributed by atoms with van der Waals surface area (Å²) in [6.07, 6.45) is -0.0907. The highest BCUT2D eigenvalue weighted by molar-refractivity contribution is 6.91. The number of carbonyl (C=O) groups is 3. The first kappa shape index (κ1) is 41.5. The second-order valence-corrected chi connectivity index (χ2v) is 22.7. The number of nitrogens with zero attached hydrogens (tertiary/aromatic N) is 3. The molecule has 10 rings (SSSR count). The van der Waals surface area contributed by atoms with Crippen LogP contribution in [0.1, 0.15) is 46.0 Å². The first-order chi connectivity index (χ1) is 31.0. The minimum atomic E-state index is -2.65. The van der Waals surface area contributed by atoms with E-state index in [9.17, 15) is 14.7 Å². The third-order valence-electron chi connectivity index (χ3n) is 14.2. The molecule has 1 fully saturated rings. The van der Waals surface area contributed by atoms with E-state index >= 15 is 4.79 Å². The summed E-state index contributed by atoms with van der Waals surface area (Å²) in [5.41, 5.74) is 4.28. The van der Waals surface area contributed by atoms with Gasteiger partial charge in [-0.25, -0.2) is 0 Å². The van der Waals surface area contributed by atoms with Gasteiger partial charge in [0.1, 0.15) is 11.5 Å². The van der Waals surface area contributed by atoms with E-state index in [1.165, 1.54) is 0 Å². The van der Waals surface area contributed by atoms with Crippen molar-refractivity contribution in [1.29, 1.82) is 0 Å². The molecule has 0 aliphatic carbocycles. The SMILES string of the molecule is COc1ccc([Si](C)(C)[C@H]2[C@H](CC(=O)N3Cc4ccccc4C[C@H]3CO)O[C@@]3(C(=O)N(Cc4ccccc4)c4ccc(N5C(=O)c6ccccc6Oc6ccccc65)cc43)[C@@H]2C)cc1. The Labute approximate surface area is 374 Å². The van der Waals surface area contributed by atoms with Crippen LogP contribution >= 0.6 is 0 Å². The van der Waals surface area contributed by atoms with E-state index in [4.69, 9.17) is 14.2 Å². The van der Waals surface area contributed by atoms with Crippen LogP contribution in [0, 0.1) is 5.92 Å². The maximum absolute atomic E-state index is 15.8. The second-order valence-electron chi connectivity index (χ2n) is 18.0. The van der Waals surface area contributed by atoms with Crippen LogP contribution < -0.4 is 24.5 Å². The Kier molecular flexibility index (Phi) is 10.5. The fourth-order valence-electron chi connectivity index (χ4n) is 11.0. The molecule has 5 atom stereocenters. The first-order valence-electron chi connectivity index (χ1n) is 22.0. The number of anilines is 3. The summed E-state index contributed by atoms with van der Waals surface area (Å²) in [7, 11) is -1.00. The maximum atomic E-state index is 15.8. The third-order valence-corrected chi connectivity index (χ3v) is 18.5. The van der Waals surface area contributed by atoms with Crippen LogP contribution in [0.15, 0.2) is 146 Å². The molecule has 0 saturated carbocycles. The monoisotopic (exact) mass is 869 g/mol. The minimum Gasteiger partial charge on any atom is -0.497 e. The highest BCUT2D eigenvalue weighted by Gasteiger charge is 2.66. The van der Waals surface area contributed by atoms with Gasteiger partial charge in [0.2, 0.25) is 5.91 Å². The summed E-state index contributed by atoms with van der Waals surface area (Å²) in [4.78, 5) is 50.7. The van der Waals surface area contributed by atoms with Gasteiger partial charge in [0.25, 0.3) is 11.8 Å². The molecule has 1 saturated heterocycles. The quantitative estimate of drug-likeness (QED) is 0.145. The zero-order valence-electron chi connectivity index (χ0n) is 36.4. The lowest BCUT2D eigenvalue weighted by Crippen LogP contribution is -2.52. The molecule has 0 bridgehead atoms. The average Bonchev–Trinajstić information content (AvgIpc) is 3.69. The molecule has 11 heteroatoms. The van der Waals surface area contributed by atoms with Crippen molar-refractivity contribution < 1.29 is 33.7 Å². The topological polar surface area (TPSA) is 109 Å². The van der Waals surface area contributed by atoms with Gasteiger partial charge in [0.15, 0.2) is 11.4 Å². The smallest absolute Gasteiger partial charge is 0.266 e. The Morgan fingerprint density at radius 2 is 1.50 bits per heavy atom. The van der Waals surface area contributed by atoms with Crippen molar-refractivity contribution in [3.63, 3.8) is 0 Å². The number of aliphatic hydroxyl groups is 1. The summed E-state index contributed by atoms with van der Waals surface area (Å²) >= 11 is 0. The van der Waals surface area contributed by atoms with Gasteiger partial charge in [-0.2, -0.15) is 0 Å². The Morgan fingerprint density at radius 3 is 2.25 bits per heavy atom. The van der Waals surface area contributed by atoms with Gasteiger partial charge in [0.05, 0.1) is 63.8 Å². The Balaban J connectivity index is 1.12. The van der Waals surface area contributed by atoms with Crippen molar-refractivity contribution in [3.05, 3.63) is 173 Å². The molecule has 4 heterocycles. The van der Waals surface area contributed by atoms with Gasteiger partial charge in [-0.15, -0.1) is 0 Å². The fraction of sp³-hybridized carbons (Fsp3) is 0.264. The van der Waals surface area contributed by atoms with Gasteiger partial charge < -0.3 is 29.1 Å². The number of rotatable bonds is 9. The Bertz CT molecular complexity index is 2780. The van der Waals surface area contributed by atoms with Gasteiger partial charge >= 0.3 is 0 Å². The molecule has 10 nitrogen and oxygen atoms in total. The second kappa shape index (κ2) is 16.2. The number of ether oxygens (including phenoxy) is 3. The molecule has 0 radical (unpaired) electrons. The molecule has 4 aliphatic heterocycles. The lowest BCUT2D eigenvalue weighted by atomic mass is 9.82. The lowest BCUT2D eigenvalue weighted by Gasteiger charge is -2.39. The normalized spacial score (nSPS) is 22.4. The fourth-order valence-corrected chi connectivity index (χ4v) is 15.0. The van der Waals surface area contributed by atoms with Crippen molar-refractivity contribution in [2.75, 3.05) is 23.5 Å². The molecule has 4 aliphatic rings. The predicted octanol–water partition coefficient (Wildman–Crippen LogP) is 8.88. The van der Waals surface area contributed by atoms with E-state index < -0.39 is 25.7 Å². The summed E-state index contributed by atoms with van der Waals surface area (Å²) in [5, 5.41) is 11.8. The summed E-state index contributed by atoms with van der Waals surface area (Å²) in [5.74, 6) is 0.716. The number of fused-ring (bicyclic) bond motifs is 5. The molecular weight excluding hydrogens is 819 g/mol. The highest BCUT2D eigenvalue weighted by atomic mass is 28.3. The molecule has 1 spiro atoms. The molecule has 0 unspecified atom stereocenters. The van der Waals surface area contributed by atoms with E-state index in [2.05, 4.69) is 38.2 Å². The van der Waals surface area contributed by atoms with E-state index in [1.54, 1.807) is 29.0 Å². The third kappa shape index (κ3) is 6.72. The number of aliphatic hydroxyl groups excluding tert-OH is 1. The number of amides is 3. The van der Waals surface area contributed by atoms with E-state index in [0.717, 1.165) is 27.6 Å². The maximum Gasteiger partial charge on any atom is 0.266 e. The molecule has 0 aromatic heterocycles. The van der Waals surface area contributed by atoms with Gasteiger partial charge in [-0.1, -0.05) is 116 Å². The molecule has 3 amide bonds. The summed E-state index contributed by atoms with van der Waals surface area (Å²) < 4.78 is 19.4. The van der Waals surface area contributed by atoms with Crippen molar-refractivity contribution >= 4 is 48.0 Å². The molecule has 6 aromatic carbocycles. The molecule has 1 N–H and O–H groups in total.